The number of benzene rings is 2. The summed E-state index contributed by atoms with van der Waals surface area (Å²) in [5.74, 6) is -3.40. The summed E-state index contributed by atoms with van der Waals surface area (Å²) in [7, 11) is 0. The second kappa shape index (κ2) is 8.98. The molecular formula is C22H14F5N5O2. The predicted molar refractivity (Wildman–Crippen MR) is 110 cm³/mol. The molecule has 0 saturated carbocycles. The van der Waals surface area contributed by atoms with Gasteiger partial charge in [0.25, 0.3) is 5.91 Å². The summed E-state index contributed by atoms with van der Waals surface area (Å²) in [6.07, 6.45) is -2.51. The monoisotopic (exact) mass is 475 g/mol. The van der Waals surface area contributed by atoms with Gasteiger partial charge < -0.3 is 10.4 Å². The number of rotatable bonds is 5. The van der Waals surface area contributed by atoms with Gasteiger partial charge in [0.1, 0.15) is 17.5 Å². The van der Waals surface area contributed by atoms with Gasteiger partial charge in [0.05, 0.1) is 29.1 Å². The van der Waals surface area contributed by atoms with Gasteiger partial charge in [-0.25, -0.2) is 23.4 Å². The number of nitrogens with one attached hydrogen (secondary N) is 1. The fourth-order valence-electron chi connectivity index (χ4n) is 3.16. The predicted octanol–water partition coefficient (Wildman–Crippen LogP) is 4.37. The third-order valence-electron chi connectivity index (χ3n) is 4.70. The minimum Gasteiger partial charge on any atom is -0.390 e. The number of carbonyl (C=O) groups excluding carboxylic acids is 1. The molecule has 1 amide bonds. The second-order valence-corrected chi connectivity index (χ2v) is 6.97. The van der Waals surface area contributed by atoms with Gasteiger partial charge in [0.15, 0.2) is 5.82 Å². The van der Waals surface area contributed by atoms with Crippen LogP contribution in [-0.4, -0.2) is 30.8 Å². The van der Waals surface area contributed by atoms with Gasteiger partial charge in [-0.05, 0) is 42.5 Å². The topological polar surface area (TPSA) is 92.9 Å². The van der Waals surface area contributed by atoms with E-state index in [1.165, 1.54) is 36.7 Å². The third-order valence-corrected chi connectivity index (χ3v) is 4.70. The van der Waals surface area contributed by atoms with E-state index in [1.807, 2.05) is 0 Å². The standard InChI is InChI=1S/C22H14F5N5O2/c23-12-2-4-14(5-3-12)32-19(8-13(11-33)31-32)30-21(34)16-9-15(20-28-6-1-7-29-20)17(10-18(16)24)22(25,26)27/h1-10,33H,11H2,(H,30,34). The minimum absolute atomic E-state index is 0.0301. The normalized spacial score (nSPS) is 11.5. The number of amides is 1. The van der Waals surface area contributed by atoms with Crippen molar-refractivity contribution in [2.45, 2.75) is 12.8 Å². The summed E-state index contributed by atoms with van der Waals surface area (Å²) in [5, 5.41) is 15.8. The molecule has 0 bridgehead atoms. The van der Waals surface area contributed by atoms with E-state index in [1.54, 1.807) is 0 Å². The van der Waals surface area contributed by atoms with Crippen molar-refractivity contribution >= 4 is 11.7 Å². The maximum absolute atomic E-state index is 14.7. The number of aromatic nitrogens is 4. The molecule has 0 unspecified atom stereocenters. The lowest BCUT2D eigenvalue weighted by molar-refractivity contribution is -0.137. The van der Waals surface area contributed by atoms with Gasteiger partial charge in [0, 0.05) is 24.0 Å². The number of anilines is 1. The highest BCUT2D eigenvalue weighted by Gasteiger charge is 2.36. The van der Waals surface area contributed by atoms with Gasteiger partial charge in [-0.3, -0.25) is 4.79 Å². The number of carbonyl (C=O) groups is 1. The lowest BCUT2D eigenvalue weighted by Gasteiger charge is -2.15. The summed E-state index contributed by atoms with van der Waals surface area (Å²) in [5.41, 5.74) is -2.18. The highest BCUT2D eigenvalue weighted by Crippen LogP contribution is 2.37. The van der Waals surface area contributed by atoms with E-state index in [9.17, 15) is 31.9 Å². The van der Waals surface area contributed by atoms with Crippen molar-refractivity contribution in [2.75, 3.05) is 5.32 Å². The van der Waals surface area contributed by atoms with E-state index in [-0.39, 0.29) is 23.4 Å². The average molecular weight is 475 g/mol. The van der Waals surface area contributed by atoms with Gasteiger partial charge in [0.2, 0.25) is 0 Å². The Labute approximate surface area is 188 Å². The molecule has 34 heavy (non-hydrogen) atoms. The van der Waals surface area contributed by atoms with E-state index >= 15 is 0 Å². The zero-order valence-corrected chi connectivity index (χ0v) is 17.0. The summed E-state index contributed by atoms with van der Waals surface area (Å²) >= 11 is 0. The lowest BCUT2D eigenvalue weighted by atomic mass is 10.0. The van der Waals surface area contributed by atoms with Crippen LogP contribution in [0.5, 0.6) is 0 Å². The zero-order valence-electron chi connectivity index (χ0n) is 17.0. The maximum atomic E-state index is 14.7. The third kappa shape index (κ3) is 4.62. The summed E-state index contributed by atoms with van der Waals surface area (Å²) < 4.78 is 69.7. The number of hydrogen-bond donors (Lipinski definition) is 2. The Morgan fingerprint density at radius 3 is 2.32 bits per heavy atom. The fourth-order valence-corrected chi connectivity index (χ4v) is 3.16. The van der Waals surface area contributed by atoms with Crippen molar-refractivity contribution in [1.29, 1.82) is 0 Å². The van der Waals surface area contributed by atoms with Crippen LogP contribution in [0.4, 0.5) is 27.8 Å². The van der Waals surface area contributed by atoms with E-state index < -0.39 is 47.0 Å². The Balaban J connectivity index is 1.76. The lowest BCUT2D eigenvalue weighted by Crippen LogP contribution is -2.18. The van der Waals surface area contributed by atoms with Gasteiger partial charge in [-0.1, -0.05) is 0 Å². The molecule has 174 valence electrons. The molecule has 0 atom stereocenters. The minimum atomic E-state index is -4.93. The first-order valence-corrected chi connectivity index (χ1v) is 9.62. The smallest absolute Gasteiger partial charge is 0.390 e. The Morgan fingerprint density at radius 1 is 1.03 bits per heavy atom. The maximum Gasteiger partial charge on any atom is 0.417 e. The molecule has 4 aromatic rings. The Bertz CT molecular complexity index is 1340. The van der Waals surface area contributed by atoms with Crippen molar-refractivity contribution < 1.29 is 31.9 Å². The number of halogens is 5. The van der Waals surface area contributed by atoms with Crippen LogP contribution in [0.2, 0.25) is 0 Å². The molecule has 2 aromatic heterocycles. The van der Waals surface area contributed by atoms with Crippen LogP contribution in [-0.2, 0) is 12.8 Å². The van der Waals surface area contributed by atoms with E-state index in [0.29, 0.717) is 11.8 Å². The van der Waals surface area contributed by atoms with Crippen LogP contribution >= 0.6 is 0 Å². The molecule has 0 fully saturated rings. The molecule has 7 nitrogen and oxygen atoms in total. The SMILES string of the molecule is O=C(Nc1cc(CO)nn1-c1ccc(F)cc1)c1cc(-c2ncccn2)c(C(F)(F)F)cc1F. The van der Waals surface area contributed by atoms with Crippen molar-refractivity contribution in [2.24, 2.45) is 0 Å². The number of alkyl halides is 3. The quantitative estimate of drug-likeness (QED) is 0.418. The Hall–Kier alpha value is -4.19. The van der Waals surface area contributed by atoms with Crippen molar-refractivity contribution in [3.8, 4) is 17.1 Å². The molecule has 0 spiro atoms. The average Bonchev–Trinajstić information content (AvgIpc) is 3.22. The molecule has 2 heterocycles. The van der Waals surface area contributed by atoms with Crippen LogP contribution in [0.15, 0.2) is 60.9 Å². The summed E-state index contributed by atoms with van der Waals surface area (Å²) in [4.78, 5) is 20.4. The zero-order chi connectivity index (χ0) is 24.5. The first kappa shape index (κ1) is 23.0. The number of aliphatic hydroxyl groups excluding tert-OH is 1. The number of aliphatic hydroxyl groups is 1. The molecule has 0 aliphatic carbocycles. The molecule has 0 saturated heterocycles. The number of nitrogens with zero attached hydrogens (tertiary/aromatic N) is 4. The van der Waals surface area contributed by atoms with Gasteiger partial charge in [-0.15, -0.1) is 0 Å². The largest absolute Gasteiger partial charge is 0.417 e. The van der Waals surface area contributed by atoms with Crippen molar-refractivity contribution in [3.63, 3.8) is 0 Å². The van der Waals surface area contributed by atoms with Crippen molar-refractivity contribution in [1.82, 2.24) is 19.7 Å². The van der Waals surface area contributed by atoms with Crippen LogP contribution < -0.4 is 5.32 Å². The molecule has 2 N–H and O–H groups in total. The fraction of sp³-hybridized carbons (Fsp3) is 0.0909. The first-order valence-electron chi connectivity index (χ1n) is 9.62. The summed E-state index contributed by atoms with van der Waals surface area (Å²) in [6, 6.07) is 8.58. The molecule has 12 heteroatoms. The first-order chi connectivity index (χ1) is 16.2. The summed E-state index contributed by atoms with van der Waals surface area (Å²) in [6.45, 7) is -0.499. The highest BCUT2D eigenvalue weighted by molar-refractivity contribution is 6.05. The van der Waals surface area contributed by atoms with E-state index in [4.69, 9.17) is 0 Å². The number of hydrogen-bond acceptors (Lipinski definition) is 5. The molecule has 0 radical (unpaired) electrons. The van der Waals surface area contributed by atoms with Gasteiger partial charge in [-0.2, -0.15) is 18.3 Å². The highest BCUT2D eigenvalue weighted by atomic mass is 19.4. The van der Waals surface area contributed by atoms with Crippen LogP contribution in [0.1, 0.15) is 21.6 Å². The van der Waals surface area contributed by atoms with E-state index in [0.717, 1.165) is 16.8 Å². The van der Waals surface area contributed by atoms with Crippen LogP contribution in [0.25, 0.3) is 17.1 Å². The molecule has 0 aliphatic heterocycles. The van der Waals surface area contributed by atoms with E-state index in [2.05, 4.69) is 20.4 Å². The van der Waals surface area contributed by atoms with Gasteiger partial charge >= 0.3 is 6.18 Å². The molecule has 4 rings (SSSR count). The molecule has 0 aliphatic rings. The van der Waals surface area contributed by atoms with Crippen molar-refractivity contribution in [3.05, 3.63) is 89.4 Å². The van der Waals surface area contributed by atoms with Crippen LogP contribution in [0, 0.1) is 11.6 Å². The van der Waals surface area contributed by atoms with Crippen LogP contribution in [0.3, 0.4) is 0 Å². The molecule has 2 aromatic carbocycles. The molecular weight excluding hydrogens is 461 g/mol. The Morgan fingerprint density at radius 2 is 1.71 bits per heavy atom. The second-order valence-electron chi connectivity index (χ2n) is 6.97. The Kier molecular flexibility index (Phi) is 6.07.